The molecule has 1 saturated heterocycles. The van der Waals surface area contributed by atoms with Gasteiger partial charge in [-0.05, 0) is 39.2 Å². The van der Waals surface area contributed by atoms with Crippen LogP contribution < -0.4 is 10.6 Å². The van der Waals surface area contributed by atoms with Gasteiger partial charge in [-0.25, -0.2) is 4.98 Å². The van der Waals surface area contributed by atoms with E-state index in [4.69, 9.17) is 4.98 Å². The number of thiazole rings is 1. The van der Waals surface area contributed by atoms with Crippen molar-refractivity contribution in [2.24, 2.45) is 5.92 Å². The third-order valence-electron chi connectivity index (χ3n) is 5.23. The average molecular weight is 336 g/mol. The lowest BCUT2D eigenvalue weighted by Crippen LogP contribution is -2.42. The molecule has 1 saturated carbocycles. The molecule has 1 aromatic heterocycles. The molecule has 0 radical (unpaired) electrons. The van der Waals surface area contributed by atoms with E-state index in [-0.39, 0.29) is 11.8 Å². The van der Waals surface area contributed by atoms with Gasteiger partial charge in [0.05, 0.1) is 10.7 Å². The van der Waals surface area contributed by atoms with Gasteiger partial charge < -0.3 is 10.6 Å². The summed E-state index contributed by atoms with van der Waals surface area (Å²) in [5, 5.41) is 9.91. The molecule has 0 aromatic carbocycles. The van der Waals surface area contributed by atoms with Crippen molar-refractivity contribution in [1.82, 2.24) is 15.6 Å². The van der Waals surface area contributed by atoms with Crippen molar-refractivity contribution < 1.29 is 4.79 Å². The fraction of sp³-hybridized carbons (Fsp3) is 0.778. The van der Waals surface area contributed by atoms with Crippen molar-refractivity contribution in [2.45, 2.75) is 70.3 Å². The Morgan fingerprint density at radius 3 is 2.96 bits per heavy atom. The number of aromatic nitrogens is 1. The normalized spacial score (nSPS) is 26.1. The summed E-state index contributed by atoms with van der Waals surface area (Å²) in [7, 11) is 0. The molecule has 5 heteroatoms. The van der Waals surface area contributed by atoms with Crippen LogP contribution in [0.4, 0.5) is 0 Å². The second-order valence-corrected chi connectivity index (χ2v) is 8.06. The lowest BCUT2D eigenvalue weighted by Gasteiger charge is -2.27. The van der Waals surface area contributed by atoms with Crippen LogP contribution in [-0.2, 0) is 11.2 Å². The molecule has 0 bridgehead atoms. The summed E-state index contributed by atoms with van der Waals surface area (Å²) in [4.78, 5) is 17.0. The van der Waals surface area contributed by atoms with Crippen LogP contribution in [-0.4, -0.2) is 30.0 Å². The molecule has 0 spiro atoms. The number of hydrogen-bond donors (Lipinski definition) is 2. The Bertz CT molecular complexity index is 510. The molecular weight excluding hydrogens is 306 g/mol. The van der Waals surface area contributed by atoms with Crippen molar-refractivity contribution in [3.05, 3.63) is 16.1 Å². The van der Waals surface area contributed by atoms with Gasteiger partial charge in [-0.1, -0.05) is 19.3 Å². The Labute approximate surface area is 143 Å². The Morgan fingerprint density at radius 2 is 2.17 bits per heavy atom. The lowest BCUT2D eigenvalue weighted by atomic mass is 9.87. The summed E-state index contributed by atoms with van der Waals surface area (Å²) in [6, 6.07) is 0.455. The van der Waals surface area contributed by atoms with E-state index in [0.29, 0.717) is 12.0 Å². The van der Waals surface area contributed by atoms with Crippen LogP contribution in [0.15, 0.2) is 5.38 Å². The number of carbonyl (C=O) groups is 1. The second kappa shape index (κ2) is 8.25. The molecule has 2 atom stereocenters. The van der Waals surface area contributed by atoms with Gasteiger partial charge in [0.1, 0.15) is 0 Å². The first-order chi connectivity index (χ1) is 11.2. The number of nitrogens with one attached hydrogen (secondary N) is 2. The Morgan fingerprint density at radius 1 is 1.35 bits per heavy atom. The first-order valence-corrected chi connectivity index (χ1v) is 10.1. The molecule has 1 aliphatic carbocycles. The summed E-state index contributed by atoms with van der Waals surface area (Å²) in [5.41, 5.74) is 1.29. The first kappa shape index (κ1) is 16.9. The number of amides is 1. The van der Waals surface area contributed by atoms with E-state index in [1.165, 1.54) is 42.8 Å². The highest BCUT2D eigenvalue weighted by Gasteiger charge is 2.24. The molecule has 2 N–H and O–H groups in total. The summed E-state index contributed by atoms with van der Waals surface area (Å²) >= 11 is 1.76. The highest BCUT2D eigenvalue weighted by atomic mass is 32.1. The van der Waals surface area contributed by atoms with Gasteiger partial charge in [0, 0.05) is 36.2 Å². The minimum absolute atomic E-state index is 0.181. The number of carbonyl (C=O) groups excluding carboxylic acids is 1. The van der Waals surface area contributed by atoms with Crippen LogP contribution in [0.25, 0.3) is 0 Å². The summed E-state index contributed by atoms with van der Waals surface area (Å²) in [6.45, 7) is 3.83. The topological polar surface area (TPSA) is 54.0 Å². The van der Waals surface area contributed by atoms with Gasteiger partial charge in [0.15, 0.2) is 0 Å². The zero-order valence-electron chi connectivity index (χ0n) is 14.1. The van der Waals surface area contributed by atoms with Crippen molar-refractivity contribution in [1.29, 1.82) is 0 Å². The summed E-state index contributed by atoms with van der Waals surface area (Å²) in [6.07, 6.45) is 9.46. The van der Waals surface area contributed by atoms with Gasteiger partial charge in [-0.3, -0.25) is 4.79 Å². The molecule has 2 aliphatic rings. The fourth-order valence-electron chi connectivity index (χ4n) is 3.83. The van der Waals surface area contributed by atoms with E-state index in [9.17, 15) is 4.79 Å². The quantitative estimate of drug-likeness (QED) is 0.868. The third-order valence-corrected chi connectivity index (χ3v) is 6.15. The van der Waals surface area contributed by atoms with Crippen LogP contribution in [0.5, 0.6) is 0 Å². The minimum atomic E-state index is 0.181. The van der Waals surface area contributed by atoms with Crippen LogP contribution >= 0.6 is 11.3 Å². The van der Waals surface area contributed by atoms with Gasteiger partial charge >= 0.3 is 0 Å². The Balaban J connectivity index is 1.42. The van der Waals surface area contributed by atoms with Gasteiger partial charge in [0.2, 0.25) is 5.91 Å². The van der Waals surface area contributed by atoms with E-state index < -0.39 is 0 Å². The van der Waals surface area contributed by atoms with E-state index >= 15 is 0 Å². The molecule has 128 valence electrons. The monoisotopic (exact) mass is 335 g/mol. The summed E-state index contributed by atoms with van der Waals surface area (Å²) < 4.78 is 0. The molecule has 23 heavy (non-hydrogen) atoms. The highest BCUT2D eigenvalue weighted by molar-refractivity contribution is 7.09. The Hall–Kier alpha value is -0.940. The number of hydrogen-bond acceptors (Lipinski definition) is 4. The van der Waals surface area contributed by atoms with Crippen LogP contribution in [0, 0.1) is 5.92 Å². The largest absolute Gasteiger partial charge is 0.355 e. The standard InChI is InChI=1S/C18H29N3OS/c1-13-11-15(7-9-19-13)18(22)20-10-8-17-21-16(12-23-17)14-5-3-2-4-6-14/h12-15,19H,2-11H2,1H3,(H,20,22)/t13-,15-/m0/s1. The number of nitrogens with zero attached hydrogens (tertiary/aromatic N) is 1. The molecule has 4 nitrogen and oxygen atoms in total. The average Bonchev–Trinajstić information content (AvgIpc) is 3.04. The van der Waals surface area contributed by atoms with E-state index in [1.54, 1.807) is 11.3 Å². The molecule has 2 fully saturated rings. The van der Waals surface area contributed by atoms with E-state index in [1.807, 2.05) is 0 Å². The smallest absolute Gasteiger partial charge is 0.223 e. The van der Waals surface area contributed by atoms with Crippen molar-refractivity contribution >= 4 is 17.2 Å². The SMILES string of the molecule is C[C@H]1C[C@@H](C(=O)NCCc2nc(C3CCCCC3)cs2)CCN1. The predicted molar refractivity (Wildman–Crippen MR) is 94.8 cm³/mol. The van der Waals surface area contributed by atoms with Crippen LogP contribution in [0.3, 0.4) is 0 Å². The maximum Gasteiger partial charge on any atom is 0.223 e. The molecule has 2 heterocycles. The molecule has 1 amide bonds. The zero-order chi connectivity index (χ0) is 16.1. The molecular formula is C18H29N3OS. The fourth-order valence-corrected chi connectivity index (χ4v) is 4.71. The second-order valence-electron chi connectivity index (χ2n) is 7.12. The summed E-state index contributed by atoms with van der Waals surface area (Å²) in [5.74, 6) is 1.09. The molecule has 3 rings (SSSR count). The molecule has 1 aromatic rings. The van der Waals surface area contributed by atoms with E-state index in [2.05, 4.69) is 22.9 Å². The first-order valence-electron chi connectivity index (χ1n) is 9.18. The van der Waals surface area contributed by atoms with Crippen LogP contribution in [0.1, 0.15) is 68.5 Å². The Kier molecular flexibility index (Phi) is 6.06. The third kappa shape index (κ3) is 4.77. The lowest BCUT2D eigenvalue weighted by molar-refractivity contribution is -0.126. The van der Waals surface area contributed by atoms with Gasteiger partial charge in [0.25, 0.3) is 0 Å². The number of rotatable bonds is 5. The van der Waals surface area contributed by atoms with Crippen LogP contribution in [0.2, 0.25) is 0 Å². The zero-order valence-corrected chi connectivity index (χ0v) is 15.0. The van der Waals surface area contributed by atoms with Gasteiger partial charge in [-0.2, -0.15) is 0 Å². The van der Waals surface area contributed by atoms with Gasteiger partial charge in [-0.15, -0.1) is 11.3 Å². The molecule has 1 aliphatic heterocycles. The maximum atomic E-state index is 12.2. The predicted octanol–water partition coefficient (Wildman–Crippen LogP) is 3.24. The maximum absolute atomic E-state index is 12.2. The van der Waals surface area contributed by atoms with Crippen molar-refractivity contribution in [3.63, 3.8) is 0 Å². The minimum Gasteiger partial charge on any atom is -0.355 e. The van der Waals surface area contributed by atoms with Crippen molar-refractivity contribution in [3.8, 4) is 0 Å². The highest BCUT2D eigenvalue weighted by Crippen LogP contribution is 2.33. The van der Waals surface area contributed by atoms with E-state index in [0.717, 1.165) is 32.4 Å². The van der Waals surface area contributed by atoms with Crippen molar-refractivity contribution in [2.75, 3.05) is 13.1 Å². The molecule has 0 unspecified atom stereocenters. The number of piperidine rings is 1.